The molecule has 11 nitrogen and oxygen atoms in total. The molecule has 1 aromatic heterocycles. The number of nitrogens with one attached hydrogen (secondary N) is 1. The molecule has 1 aromatic carbocycles. The van der Waals surface area contributed by atoms with Crippen LogP contribution in [0.15, 0.2) is 41.7 Å². The van der Waals surface area contributed by atoms with Crippen LogP contribution in [0.25, 0.3) is 0 Å². The zero-order valence-corrected chi connectivity index (χ0v) is 19.4. The van der Waals surface area contributed by atoms with Crippen molar-refractivity contribution in [1.29, 1.82) is 0 Å². The zero-order chi connectivity index (χ0) is 23.9. The predicted molar refractivity (Wildman–Crippen MR) is 119 cm³/mol. The third kappa shape index (κ3) is 4.68. The number of carbonyl (C=O) groups is 2. The Labute approximate surface area is 197 Å². The maximum atomic E-state index is 12.9. The molecule has 3 fully saturated rings. The first kappa shape index (κ1) is 22.5. The molecule has 34 heavy (non-hydrogen) atoms. The first-order valence-electron chi connectivity index (χ1n) is 11.0. The van der Waals surface area contributed by atoms with Gasteiger partial charge < -0.3 is 24.6 Å². The van der Waals surface area contributed by atoms with Gasteiger partial charge in [-0.25, -0.2) is 18.2 Å². The highest BCUT2D eigenvalue weighted by atomic mass is 32.2. The molecule has 0 aliphatic carbocycles. The number of rotatable bonds is 4. The fourth-order valence-corrected chi connectivity index (χ4v) is 4.92. The van der Waals surface area contributed by atoms with E-state index in [-0.39, 0.29) is 47.6 Å². The van der Waals surface area contributed by atoms with Crippen LogP contribution in [0.5, 0.6) is 11.6 Å². The van der Waals surface area contributed by atoms with Gasteiger partial charge in [-0.3, -0.25) is 4.79 Å². The minimum atomic E-state index is -3.52. The van der Waals surface area contributed by atoms with Gasteiger partial charge in [-0.2, -0.15) is 4.98 Å². The molecule has 0 radical (unpaired) electrons. The van der Waals surface area contributed by atoms with E-state index in [9.17, 15) is 18.0 Å². The van der Waals surface area contributed by atoms with Gasteiger partial charge in [0.25, 0.3) is 0 Å². The predicted octanol–water partition coefficient (Wildman–Crippen LogP) is 0.781. The van der Waals surface area contributed by atoms with Gasteiger partial charge in [0.1, 0.15) is 12.4 Å². The highest BCUT2D eigenvalue weighted by Crippen LogP contribution is 2.31. The molecule has 2 aromatic rings. The summed E-state index contributed by atoms with van der Waals surface area (Å²) in [7, 11) is -3.52. The highest BCUT2D eigenvalue weighted by molar-refractivity contribution is 7.90. The quantitative estimate of drug-likeness (QED) is 0.626. The van der Waals surface area contributed by atoms with Gasteiger partial charge in [0.2, 0.25) is 26.8 Å². The maximum Gasteiger partial charge on any atom is 0.320 e. The fourth-order valence-electron chi connectivity index (χ4n) is 4.41. The van der Waals surface area contributed by atoms with Gasteiger partial charge in [0.15, 0.2) is 0 Å². The molecule has 4 heterocycles. The number of nitrogens with zero attached hydrogens (tertiary/aromatic N) is 4. The van der Waals surface area contributed by atoms with Gasteiger partial charge in [0, 0.05) is 50.6 Å². The normalized spacial score (nSPS) is 23.0. The van der Waals surface area contributed by atoms with Crippen LogP contribution in [-0.2, 0) is 19.4 Å². The molecule has 3 aliphatic heterocycles. The van der Waals surface area contributed by atoms with Crippen LogP contribution in [0.2, 0.25) is 0 Å². The number of hydrogen-bond donors (Lipinski definition) is 1. The van der Waals surface area contributed by atoms with Crippen molar-refractivity contribution >= 4 is 21.8 Å². The molecule has 0 bridgehead atoms. The molecule has 3 saturated heterocycles. The van der Waals surface area contributed by atoms with Crippen molar-refractivity contribution in [2.24, 2.45) is 0 Å². The van der Waals surface area contributed by atoms with E-state index in [0.29, 0.717) is 38.3 Å². The second-order valence-corrected chi connectivity index (χ2v) is 10.7. The number of likely N-dealkylation sites (tertiary alicyclic amines) is 2. The number of aromatic nitrogens is 2. The Morgan fingerprint density at radius 2 is 1.91 bits per heavy atom. The van der Waals surface area contributed by atoms with Gasteiger partial charge >= 0.3 is 6.03 Å². The molecule has 2 atom stereocenters. The third-order valence-electron chi connectivity index (χ3n) is 6.26. The summed E-state index contributed by atoms with van der Waals surface area (Å²) in [5.74, 6) is 0.757. The van der Waals surface area contributed by atoms with Gasteiger partial charge in [-0.1, -0.05) is 12.1 Å². The van der Waals surface area contributed by atoms with Crippen molar-refractivity contribution in [2.75, 3.05) is 39.0 Å². The second kappa shape index (κ2) is 8.84. The Kier molecular flexibility index (Phi) is 5.86. The van der Waals surface area contributed by atoms with E-state index in [1.165, 1.54) is 12.3 Å². The number of benzene rings is 1. The lowest BCUT2D eigenvalue weighted by Gasteiger charge is -2.46. The summed E-state index contributed by atoms with van der Waals surface area (Å²) in [4.78, 5) is 35.8. The average Bonchev–Trinajstić information content (AvgIpc) is 2.78. The lowest BCUT2D eigenvalue weighted by Crippen LogP contribution is -2.63. The molecule has 0 unspecified atom stereocenters. The first-order valence-corrected chi connectivity index (χ1v) is 12.9. The fraction of sp³-hybridized carbons (Fsp3) is 0.455. The second-order valence-electron chi connectivity index (χ2n) is 8.76. The molecular formula is C22H25N5O6S. The lowest BCUT2D eigenvalue weighted by molar-refractivity contribution is -0.139. The van der Waals surface area contributed by atoms with E-state index in [2.05, 4.69) is 15.3 Å². The van der Waals surface area contributed by atoms with Crippen molar-refractivity contribution in [3.63, 3.8) is 0 Å². The van der Waals surface area contributed by atoms with Crippen LogP contribution in [0.3, 0.4) is 0 Å². The number of piperidine rings is 1. The molecule has 180 valence electrons. The summed E-state index contributed by atoms with van der Waals surface area (Å²) < 4.78 is 34.4. The van der Waals surface area contributed by atoms with Crippen LogP contribution in [0, 0.1) is 0 Å². The first-order chi connectivity index (χ1) is 16.3. The third-order valence-corrected chi connectivity index (χ3v) is 7.12. The highest BCUT2D eigenvalue weighted by Gasteiger charge is 2.40. The van der Waals surface area contributed by atoms with E-state index in [1.807, 2.05) is 17.0 Å². The molecule has 0 spiro atoms. The minimum absolute atomic E-state index is 0.0140. The minimum Gasteiger partial charge on any atom is -0.439 e. The number of morpholine rings is 1. The zero-order valence-electron chi connectivity index (χ0n) is 18.6. The monoisotopic (exact) mass is 487 g/mol. The van der Waals surface area contributed by atoms with Crippen LogP contribution in [-0.4, -0.2) is 91.3 Å². The number of urea groups is 1. The summed E-state index contributed by atoms with van der Waals surface area (Å²) in [6, 6.07) is 8.77. The Morgan fingerprint density at radius 3 is 2.65 bits per heavy atom. The number of ether oxygens (including phenoxy) is 2. The van der Waals surface area contributed by atoms with E-state index in [4.69, 9.17) is 9.47 Å². The van der Waals surface area contributed by atoms with Gasteiger partial charge in [-0.05, 0) is 24.1 Å². The van der Waals surface area contributed by atoms with Crippen LogP contribution >= 0.6 is 0 Å². The van der Waals surface area contributed by atoms with E-state index >= 15 is 0 Å². The number of amides is 3. The molecule has 0 saturated carbocycles. The smallest absolute Gasteiger partial charge is 0.320 e. The largest absolute Gasteiger partial charge is 0.439 e. The maximum absolute atomic E-state index is 12.9. The van der Waals surface area contributed by atoms with Crippen LogP contribution in [0.1, 0.15) is 17.9 Å². The Balaban J connectivity index is 1.14. The summed E-state index contributed by atoms with van der Waals surface area (Å²) in [5.41, 5.74) is 1.09. The summed E-state index contributed by atoms with van der Waals surface area (Å²) in [6.45, 7) is 2.42. The van der Waals surface area contributed by atoms with Gasteiger partial charge in [0.05, 0.1) is 12.1 Å². The van der Waals surface area contributed by atoms with E-state index < -0.39 is 9.84 Å². The van der Waals surface area contributed by atoms with E-state index in [1.54, 1.807) is 17.0 Å². The number of fused-ring (bicyclic) bond motifs is 1. The number of carbonyl (C=O) groups excluding carboxylic acids is 2. The molecular weight excluding hydrogens is 462 g/mol. The molecule has 12 heteroatoms. The van der Waals surface area contributed by atoms with E-state index in [0.717, 1.165) is 11.8 Å². The van der Waals surface area contributed by atoms with Gasteiger partial charge in [-0.15, -0.1) is 0 Å². The standard InChI is InChI=1S/C22H25N5O6S/c1-34(30,31)21-23-8-6-20(25-21)33-16-4-2-14(3-5-16)15-10-27(11-15)22(29)26-9-7-18-17(12-26)24-19(28)13-32-18/h2-6,8,15,17-18H,7,9-13H2,1H3,(H,24,28)/t17-,18+/m1/s1. The summed E-state index contributed by atoms with van der Waals surface area (Å²) in [5, 5.41) is 2.63. The van der Waals surface area contributed by atoms with Crippen LogP contribution in [0.4, 0.5) is 4.79 Å². The molecule has 1 N–H and O–H groups in total. The Morgan fingerprint density at radius 1 is 1.15 bits per heavy atom. The lowest BCUT2D eigenvalue weighted by atomic mass is 9.91. The van der Waals surface area contributed by atoms with Crippen molar-refractivity contribution in [3.8, 4) is 11.6 Å². The van der Waals surface area contributed by atoms with Crippen molar-refractivity contribution in [3.05, 3.63) is 42.1 Å². The molecule has 3 aliphatic rings. The van der Waals surface area contributed by atoms with Crippen LogP contribution < -0.4 is 10.1 Å². The SMILES string of the molecule is CS(=O)(=O)c1nccc(Oc2ccc(C3CN(C(=O)N4CC[C@@H]5OCC(=O)N[C@@H]5C4)C3)cc2)n1. The topological polar surface area (TPSA) is 131 Å². The number of sulfone groups is 1. The molecule has 3 amide bonds. The average molecular weight is 488 g/mol. The Bertz CT molecular complexity index is 1200. The van der Waals surface area contributed by atoms with Crippen molar-refractivity contribution in [2.45, 2.75) is 29.6 Å². The Hall–Kier alpha value is -3.25. The number of hydrogen-bond acceptors (Lipinski definition) is 8. The summed E-state index contributed by atoms with van der Waals surface area (Å²) in [6.07, 6.45) is 3.07. The molecule has 5 rings (SSSR count). The van der Waals surface area contributed by atoms with Crippen molar-refractivity contribution < 1.29 is 27.5 Å². The summed E-state index contributed by atoms with van der Waals surface area (Å²) >= 11 is 0. The van der Waals surface area contributed by atoms with Crippen molar-refractivity contribution in [1.82, 2.24) is 25.1 Å².